The molecular weight excluding hydrogens is 316 g/mol. The zero-order valence-corrected chi connectivity index (χ0v) is 13.5. The van der Waals surface area contributed by atoms with E-state index in [4.69, 9.17) is 21.1 Å². The topological polar surface area (TPSA) is 64.2 Å². The molecule has 0 aliphatic rings. The van der Waals surface area contributed by atoms with Gasteiger partial charge in [0.25, 0.3) is 0 Å². The van der Waals surface area contributed by atoms with Gasteiger partial charge in [-0.25, -0.2) is 9.78 Å². The largest absolute Gasteiger partial charge is 0.481 e. The fraction of sp³-hybridized carbons (Fsp3) is 0.176. The van der Waals surface area contributed by atoms with Gasteiger partial charge in [-0.3, -0.25) is 0 Å². The molecule has 0 aliphatic heterocycles. The third-order valence-corrected chi connectivity index (χ3v) is 3.71. The first-order valence-electron chi connectivity index (χ1n) is 7.13. The maximum atomic E-state index is 12.3. The molecule has 6 heteroatoms. The van der Waals surface area contributed by atoms with Gasteiger partial charge in [-0.15, -0.1) is 0 Å². The molecule has 0 unspecified atom stereocenters. The number of ether oxygens (including phenoxy) is 2. The van der Waals surface area contributed by atoms with Crippen LogP contribution in [-0.2, 0) is 4.74 Å². The van der Waals surface area contributed by atoms with Gasteiger partial charge in [0.05, 0.1) is 13.7 Å². The lowest BCUT2D eigenvalue weighted by atomic mass is 10.0. The quantitative estimate of drug-likeness (QED) is 0.732. The van der Waals surface area contributed by atoms with Gasteiger partial charge in [0.1, 0.15) is 5.69 Å². The number of benzene rings is 1. The van der Waals surface area contributed by atoms with Crippen LogP contribution in [-0.4, -0.2) is 29.7 Å². The summed E-state index contributed by atoms with van der Waals surface area (Å²) < 4.78 is 10.5. The minimum absolute atomic E-state index is 0.290. The van der Waals surface area contributed by atoms with Crippen molar-refractivity contribution in [2.24, 2.45) is 0 Å². The number of carbonyl (C=O) groups excluding carboxylic acids is 1. The van der Waals surface area contributed by atoms with E-state index in [0.29, 0.717) is 34.3 Å². The highest BCUT2D eigenvalue weighted by molar-refractivity contribution is 6.31. The van der Waals surface area contributed by atoms with E-state index in [1.54, 1.807) is 31.3 Å². The number of fused-ring (bicyclic) bond motifs is 1. The van der Waals surface area contributed by atoms with Crippen LogP contribution in [0.25, 0.3) is 22.0 Å². The first-order valence-corrected chi connectivity index (χ1v) is 7.51. The van der Waals surface area contributed by atoms with Crippen molar-refractivity contribution in [1.29, 1.82) is 0 Å². The number of pyridine rings is 1. The molecule has 2 heterocycles. The summed E-state index contributed by atoms with van der Waals surface area (Å²) in [6.07, 6.45) is 1.63. The van der Waals surface area contributed by atoms with Crippen molar-refractivity contribution in [2.75, 3.05) is 13.7 Å². The summed E-state index contributed by atoms with van der Waals surface area (Å²) in [7, 11) is 1.54. The predicted molar refractivity (Wildman–Crippen MR) is 89.0 cm³/mol. The molecule has 3 aromatic rings. The highest BCUT2D eigenvalue weighted by Crippen LogP contribution is 2.38. The molecule has 0 saturated carbocycles. The number of esters is 1. The number of H-pyrrole nitrogens is 1. The Hall–Kier alpha value is -2.53. The molecular formula is C17H15ClN2O3. The maximum Gasteiger partial charge on any atom is 0.355 e. The fourth-order valence-corrected chi connectivity index (χ4v) is 2.72. The van der Waals surface area contributed by atoms with Crippen LogP contribution >= 0.6 is 11.6 Å². The Kier molecular flexibility index (Phi) is 4.21. The molecule has 0 atom stereocenters. The Morgan fingerprint density at radius 1 is 1.35 bits per heavy atom. The summed E-state index contributed by atoms with van der Waals surface area (Å²) in [5.74, 6) is -0.000322. The SMILES string of the molecule is CCOC(=O)c1[nH]c2ccc(Cl)cc2c1-c1cccnc1OC. The number of methoxy groups -OCH3 is 1. The second-order valence-corrected chi connectivity index (χ2v) is 5.28. The Balaban J connectivity index is 2.33. The molecule has 0 fully saturated rings. The third kappa shape index (κ3) is 2.75. The van der Waals surface area contributed by atoms with Crippen LogP contribution in [0.2, 0.25) is 5.02 Å². The van der Waals surface area contributed by atoms with Gasteiger partial charge in [-0.05, 0) is 37.3 Å². The molecule has 0 radical (unpaired) electrons. The van der Waals surface area contributed by atoms with Crippen LogP contribution in [0, 0.1) is 0 Å². The zero-order chi connectivity index (χ0) is 16.4. The summed E-state index contributed by atoms with van der Waals surface area (Å²) in [5.41, 5.74) is 2.52. The fourth-order valence-electron chi connectivity index (χ4n) is 2.54. The number of hydrogen-bond acceptors (Lipinski definition) is 4. The van der Waals surface area contributed by atoms with Crippen molar-refractivity contribution in [3.63, 3.8) is 0 Å². The molecule has 0 bridgehead atoms. The monoisotopic (exact) mass is 330 g/mol. The molecule has 2 aromatic heterocycles. The van der Waals surface area contributed by atoms with E-state index < -0.39 is 5.97 Å². The molecule has 0 saturated heterocycles. The molecule has 0 spiro atoms. The number of nitrogens with zero attached hydrogens (tertiary/aromatic N) is 1. The van der Waals surface area contributed by atoms with Gasteiger partial charge in [0, 0.05) is 33.2 Å². The van der Waals surface area contributed by atoms with E-state index in [-0.39, 0.29) is 0 Å². The summed E-state index contributed by atoms with van der Waals surface area (Å²) in [6, 6.07) is 9.03. The summed E-state index contributed by atoms with van der Waals surface area (Å²) in [5, 5.41) is 1.39. The van der Waals surface area contributed by atoms with E-state index in [1.807, 2.05) is 12.1 Å². The number of aromatic amines is 1. The predicted octanol–water partition coefficient (Wildman–Crippen LogP) is 4.07. The molecule has 0 aliphatic carbocycles. The minimum atomic E-state index is -0.430. The Bertz CT molecular complexity index is 873. The van der Waals surface area contributed by atoms with Crippen molar-refractivity contribution < 1.29 is 14.3 Å². The zero-order valence-electron chi connectivity index (χ0n) is 12.7. The van der Waals surface area contributed by atoms with Crippen molar-refractivity contribution in [1.82, 2.24) is 9.97 Å². The van der Waals surface area contributed by atoms with Gasteiger partial charge in [-0.2, -0.15) is 0 Å². The van der Waals surface area contributed by atoms with Crippen LogP contribution < -0.4 is 4.74 Å². The molecule has 3 rings (SSSR count). The van der Waals surface area contributed by atoms with E-state index in [0.717, 1.165) is 10.9 Å². The highest BCUT2D eigenvalue weighted by Gasteiger charge is 2.23. The number of rotatable bonds is 4. The first-order chi connectivity index (χ1) is 11.2. The maximum absolute atomic E-state index is 12.3. The highest BCUT2D eigenvalue weighted by atomic mass is 35.5. The minimum Gasteiger partial charge on any atom is -0.481 e. The van der Waals surface area contributed by atoms with E-state index >= 15 is 0 Å². The lowest BCUT2D eigenvalue weighted by molar-refractivity contribution is 0.0521. The standard InChI is InChI=1S/C17H15ClN2O3/c1-3-23-17(21)15-14(11-5-4-8-19-16(11)22-2)12-9-10(18)6-7-13(12)20-15/h4-9,20H,3H2,1-2H3. The van der Waals surface area contributed by atoms with Gasteiger partial charge < -0.3 is 14.5 Å². The Labute approximate surface area is 138 Å². The molecule has 5 nitrogen and oxygen atoms in total. The van der Waals surface area contributed by atoms with Crippen molar-refractivity contribution in [3.05, 3.63) is 47.2 Å². The van der Waals surface area contributed by atoms with E-state index in [2.05, 4.69) is 9.97 Å². The van der Waals surface area contributed by atoms with Crippen molar-refractivity contribution in [2.45, 2.75) is 6.92 Å². The van der Waals surface area contributed by atoms with Gasteiger partial charge in [0.15, 0.2) is 0 Å². The summed E-state index contributed by atoms with van der Waals surface area (Å²) >= 11 is 6.12. The van der Waals surface area contributed by atoms with E-state index in [9.17, 15) is 4.79 Å². The Morgan fingerprint density at radius 3 is 2.91 bits per heavy atom. The van der Waals surface area contributed by atoms with Crippen LogP contribution in [0.5, 0.6) is 5.88 Å². The average molecular weight is 331 g/mol. The molecule has 0 amide bonds. The number of hydrogen-bond donors (Lipinski definition) is 1. The average Bonchev–Trinajstić information content (AvgIpc) is 2.93. The normalized spacial score (nSPS) is 10.7. The van der Waals surface area contributed by atoms with Crippen molar-refractivity contribution in [3.8, 4) is 17.0 Å². The van der Waals surface area contributed by atoms with Crippen molar-refractivity contribution >= 4 is 28.5 Å². The van der Waals surface area contributed by atoms with Gasteiger partial charge >= 0.3 is 5.97 Å². The second-order valence-electron chi connectivity index (χ2n) is 4.85. The van der Waals surface area contributed by atoms with Crippen LogP contribution in [0.4, 0.5) is 0 Å². The molecule has 118 valence electrons. The summed E-state index contributed by atoms with van der Waals surface area (Å²) in [4.78, 5) is 19.7. The molecule has 1 aromatic carbocycles. The van der Waals surface area contributed by atoms with Gasteiger partial charge in [0.2, 0.25) is 5.88 Å². The third-order valence-electron chi connectivity index (χ3n) is 3.47. The number of halogens is 1. The lowest BCUT2D eigenvalue weighted by Gasteiger charge is -2.08. The van der Waals surface area contributed by atoms with Crippen LogP contribution in [0.1, 0.15) is 17.4 Å². The second kappa shape index (κ2) is 6.30. The molecule has 23 heavy (non-hydrogen) atoms. The van der Waals surface area contributed by atoms with E-state index in [1.165, 1.54) is 7.11 Å². The first kappa shape index (κ1) is 15.4. The van der Waals surface area contributed by atoms with Crippen LogP contribution in [0.15, 0.2) is 36.5 Å². The summed E-state index contributed by atoms with van der Waals surface area (Å²) in [6.45, 7) is 2.06. The van der Waals surface area contributed by atoms with Crippen LogP contribution in [0.3, 0.4) is 0 Å². The lowest BCUT2D eigenvalue weighted by Crippen LogP contribution is -2.06. The van der Waals surface area contributed by atoms with Gasteiger partial charge in [-0.1, -0.05) is 11.6 Å². The number of nitrogens with one attached hydrogen (secondary N) is 1. The smallest absolute Gasteiger partial charge is 0.355 e. The number of aromatic nitrogens is 2. The number of carbonyl (C=O) groups is 1. The molecule has 1 N–H and O–H groups in total. The Morgan fingerprint density at radius 2 is 2.17 bits per heavy atom.